The number of fused-ring (bicyclic) bond motifs is 1. The zero-order valence-electron chi connectivity index (χ0n) is 15.6. The Balaban J connectivity index is 1.53. The summed E-state index contributed by atoms with van der Waals surface area (Å²) in [5.74, 6) is -0.0131. The molecule has 1 fully saturated rings. The number of rotatable bonds is 2. The van der Waals surface area contributed by atoms with Gasteiger partial charge in [-0.15, -0.1) is 0 Å². The van der Waals surface area contributed by atoms with E-state index in [2.05, 4.69) is 9.97 Å². The Labute approximate surface area is 158 Å². The van der Waals surface area contributed by atoms with Gasteiger partial charge in [-0.2, -0.15) is 0 Å². The van der Waals surface area contributed by atoms with Crippen LogP contribution in [0.2, 0.25) is 0 Å². The van der Waals surface area contributed by atoms with E-state index in [9.17, 15) is 9.90 Å². The lowest BCUT2D eigenvalue weighted by atomic mass is 9.83. The Morgan fingerprint density at radius 1 is 1.11 bits per heavy atom. The minimum Gasteiger partial charge on any atom is -0.385 e. The molecule has 0 saturated carbocycles. The average molecular weight is 361 g/mol. The summed E-state index contributed by atoms with van der Waals surface area (Å²) in [5, 5.41) is 12.2. The van der Waals surface area contributed by atoms with Crippen LogP contribution >= 0.6 is 0 Å². The van der Waals surface area contributed by atoms with E-state index in [0.717, 1.165) is 27.9 Å². The van der Waals surface area contributed by atoms with Crippen molar-refractivity contribution in [2.45, 2.75) is 32.3 Å². The summed E-state index contributed by atoms with van der Waals surface area (Å²) < 4.78 is 0. The van der Waals surface area contributed by atoms with E-state index >= 15 is 0 Å². The molecule has 0 bridgehead atoms. The number of piperidine rings is 1. The van der Waals surface area contributed by atoms with Crippen LogP contribution in [0.15, 0.2) is 48.7 Å². The van der Waals surface area contributed by atoms with Crippen LogP contribution in [0.1, 0.15) is 40.2 Å². The lowest BCUT2D eigenvalue weighted by Crippen LogP contribution is -2.45. The normalized spacial score (nSPS) is 16.5. The lowest BCUT2D eigenvalue weighted by Gasteiger charge is -2.38. The number of carbonyl (C=O) groups is 1. The van der Waals surface area contributed by atoms with Crippen molar-refractivity contribution in [3.8, 4) is 0 Å². The fraction of sp³-hybridized carbons (Fsp3) is 0.318. The van der Waals surface area contributed by atoms with Crippen LogP contribution in [0.5, 0.6) is 0 Å². The highest BCUT2D eigenvalue weighted by Gasteiger charge is 2.36. The van der Waals surface area contributed by atoms with Gasteiger partial charge in [0.2, 0.25) is 0 Å². The van der Waals surface area contributed by atoms with Gasteiger partial charge in [-0.3, -0.25) is 14.8 Å². The predicted octanol–water partition coefficient (Wildman–Crippen LogP) is 3.37. The highest BCUT2D eigenvalue weighted by Crippen LogP contribution is 2.34. The first-order valence-corrected chi connectivity index (χ1v) is 9.27. The third kappa shape index (κ3) is 3.30. The van der Waals surface area contributed by atoms with Gasteiger partial charge in [0.05, 0.1) is 16.7 Å². The van der Waals surface area contributed by atoms with Crippen LogP contribution in [-0.2, 0) is 5.60 Å². The smallest absolute Gasteiger partial charge is 0.255 e. The maximum atomic E-state index is 12.8. The quantitative estimate of drug-likeness (QED) is 0.760. The lowest BCUT2D eigenvalue weighted by molar-refractivity contribution is -0.0210. The molecule has 0 radical (unpaired) electrons. The molecule has 1 aliphatic rings. The van der Waals surface area contributed by atoms with Gasteiger partial charge < -0.3 is 10.0 Å². The molecule has 1 amide bonds. The summed E-state index contributed by atoms with van der Waals surface area (Å²) >= 11 is 0. The average Bonchev–Trinajstić information content (AvgIpc) is 2.68. The predicted molar refractivity (Wildman–Crippen MR) is 104 cm³/mol. The first-order valence-electron chi connectivity index (χ1n) is 9.27. The van der Waals surface area contributed by atoms with Gasteiger partial charge in [0.15, 0.2) is 0 Å². The molecule has 1 saturated heterocycles. The van der Waals surface area contributed by atoms with E-state index in [1.54, 1.807) is 12.3 Å². The second kappa shape index (κ2) is 6.74. The van der Waals surface area contributed by atoms with Gasteiger partial charge in [-0.05, 0) is 62.6 Å². The summed E-state index contributed by atoms with van der Waals surface area (Å²) in [6.45, 7) is 4.86. The Bertz CT molecular complexity index is 1010. The highest BCUT2D eigenvalue weighted by molar-refractivity contribution is 5.95. The molecule has 0 unspecified atom stereocenters. The monoisotopic (exact) mass is 361 g/mol. The summed E-state index contributed by atoms with van der Waals surface area (Å²) in [5.41, 5.74) is 3.26. The fourth-order valence-corrected chi connectivity index (χ4v) is 3.77. The molecule has 27 heavy (non-hydrogen) atoms. The number of pyridine rings is 2. The van der Waals surface area contributed by atoms with Crippen molar-refractivity contribution in [3.63, 3.8) is 0 Å². The molecule has 3 heterocycles. The number of hydrogen-bond donors (Lipinski definition) is 1. The Morgan fingerprint density at radius 3 is 2.63 bits per heavy atom. The number of aryl methyl sites for hydroxylation is 2. The van der Waals surface area contributed by atoms with E-state index in [1.165, 1.54) is 0 Å². The number of benzene rings is 1. The molecule has 0 aliphatic carbocycles. The van der Waals surface area contributed by atoms with Crippen LogP contribution in [-0.4, -0.2) is 39.0 Å². The minimum atomic E-state index is -0.917. The van der Waals surface area contributed by atoms with Crippen LogP contribution in [0.3, 0.4) is 0 Å². The molecule has 5 heteroatoms. The summed E-state index contributed by atoms with van der Waals surface area (Å²) in [4.78, 5) is 23.3. The number of nitrogens with zero attached hydrogens (tertiary/aromatic N) is 3. The molecule has 138 valence electrons. The molecular formula is C22H23N3O2. The van der Waals surface area contributed by atoms with E-state index in [1.807, 2.05) is 55.1 Å². The van der Waals surface area contributed by atoms with Crippen LogP contribution < -0.4 is 0 Å². The molecule has 1 aromatic carbocycles. The first-order chi connectivity index (χ1) is 13.0. The van der Waals surface area contributed by atoms with Gasteiger partial charge in [0.1, 0.15) is 0 Å². The summed E-state index contributed by atoms with van der Waals surface area (Å²) in [6.07, 6.45) is 2.73. The van der Waals surface area contributed by atoms with Gasteiger partial charge in [0, 0.05) is 36.1 Å². The highest BCUT2D eigenvalue weighted by atomic mass is 16.3. The van der Waals surface area contributed by atoms with E-state index in [0.29, 0.717) is 31.5 Å². The van der Waals surface area contributed by atoms with E-state index in [4.69, 9.17) is 0 Å². The van der Waals surface area contributed by atoms with Gasteiger partial charge in [-0.1, -0.05) is 12.1 Å². The van der Waals surface area contributed by atoms with Gasteiger partial charge >= 0.3 is 0 Å². The zero-order chi connectivity index (χ0) is 19.0. The molecule has 1 N–H and O–H groups in total. The van der Waals surface area contributed by atoms with E-state index < -0.39 is 5.60 Å². The maximum absolute atomic E-state index is 12.8. The number of likely N-dealkylation sites (tertiary alicyclic amines) is 1. The molecular weight excluding hydrogens is 338 g/mol. The molecule has 0 atom stereocenters. The van der Waals surface area contributed by atoms with Crippen molar-refractivity contribution in [3.05, 3.63) is 71.2 Å². The third-order valence-corrected chi connectivity index (χ3v) is 5.48. The largest absolute Gasteiger partial charge is 0.385 e. The number of amides is 1. The SMILES string of the molecule is Cc1ccc2cc(C3(O)CCN(C(=O)c4cccnc4C)CC3)ccc2n1. The molecule has 5 nitrogen and oxygen atoms in total. The van der Waals surface area contributed by atoms with Crippen molar-refractivity contribution >= 4 is 16.8 Å². The first kappa shape index (κ1) is 17.6. The molecule has 1 aliphatic heterocycles. The second-order valence-electron chi connectivity index (χ2n) is 7.32. The zero-order valence-corrected chi connectivity index (χ0v) is 15.6. The standard InChI is InChI=1S/C22H23N3O2/c1-15-5-6-17-14-18(7-8-20(17)24-15)22(27)9-12-25(13-10-22)21(26)19-4-3-11-23-16(19)2/h3-8,11,14,27H,9-10,12-13H2,1-2H3. The van der Waals surface area contributed by atoms with Crippen molar-refractivity contribution in [2.24, 2.45) is 0 Å². The van der Waals surface area contributed by atoms with Crippen LogP contribution in [0.25, 0.3) is 10.9 Å². The minimum absolute atomic E-state index is 0.0131. The fourth-order valence-electron chi connectivity index (χ4n) is 3.77. The molecule has 0 spiro atoms. The number of aromatic nitrogens is 2. The van der Waals surface area contributed by atoms with Crippen LogP contribution in [0, 0.1) is 13.8 Å². The summed E-state index contributed by atoms with van der Waals surface area (Å²) in [6, 6.07) is 13.5. The van der Waals surface area contributed by atoms with Gasteiger partial charge in [0.25, 0.3) is 5.91 Å². The Hall–Kier alpha value is -2.79. The summed E-state index contributed by atoms with van der Waals surface area (Å²) in [7, 11) is 0. The van der Waals surface area contributed by atoms with Crippen LogP contribution in [0.4, 0.5) is 0 Å². The van der Waals surface area contributed by atoms with Crippen molar-refractivity contribution in [1.29, 1.82) is 0 Å². The topological polar surface area (TPSA) is 66.3 Å². The number of hydrogen-bond acceptors (Lipinski definition) is 4. The van der Waals surface area contributed by atoms with Gasteiger partial charge in [-0.25, -0.2) is 0 Å². The second-order valence-corrected chi connectivity index (χ2v) is 7.32. The number of aliphatic hydroxyl groups is 1. The molecule has 4 rings (SSSR count). The Kier molecular flexibility index (Phi) is 4.40. The molecule has 2 aromatic heterocycles. The maximum Gasteiger partial charge on any atom is 0.255 e. The Morgan fingerprint density at radius 2 is 1.89 bits per heavy atom. The van der Waals surface area contributed by atoms with Crippen molar-refractivity contribution < 1.29 is 9.90 Å². The van der Waals surface area contributed by atoms with Crippen molar-refractivity contribution in [2.75, 3.05) is 13.1 Å². The van der Waals surface area contributed by atoms with Crippen molar-refractivity contribution in [1.82, 2.24) is 14.9 Å². The number of carbonyl (C=O) groups excluding carboxylic acids is 1. The third-order valence-electron chi connectivity index (χ3n) is 5.48. The molecule has 3 aromatic rings. The van der Waals surface area contributed by atoms with E-state index in [-0.39, 0.29) is 5.91 Å².